The third-order valence-corrected chi connectivity index (χ3v) is 3.31. The molecule has 110 valence electrons. The van der Waals surface area contributed by atoms with Gasteiger partial charge in [-0.25, -0.2) is 13.9 Å². The molecule has 22 heavy (non-hydrogen) atoms. The van der Waals surface area contributed by atoms with Crippen molar-refractivity contribution in [2.45, 2.75) is 6.92 Å². The lowest BCUT2D eigenvalue weighted by Crippen LogP contribution is -2.04. The van der Waals surface area contributed by atoms with Crippen molar-refractivity contribution >= 4 is 5.97 Å². The van der Waals surface area contributed by atoms with Gasteiger partial charge in [0, 0.05) is 5.56 Å². The van der Waals surface area contributed by atoms with Crippen LogP contribution in [0.25, 0.3) is 16.9 Å². The van der Waals surface area contributed by atoms with Gasteiger partial charge in [0.2, 0.25) is 0 Å². The van der Waals surface area contributed by atoms with Gasteiger partial charge in [-0.2, -0.15) is 0 Å². The summed E-state index contributed by atoms with van der Waals surface area (Å²) in [5.41, 5.74) is 2.05. The van der Waals surface area contributed by atoms with Crippen molar-refractivity contribution in [1.29, 1.82) is 0 Å². The number of benzene rings is 2. The lowest BCUT2D eigenvalue weighted by molar-refractivity contribution is 0.0691. The molecule has 1 heterocycles. The number of para-hydroxylation sites is 1. The van der Waals surface area contributed by atoms with E-state index in [1.807, 2.05) is 25.1 Å². The van der Waals surface area contributed by atoms with Gasteiger partial charge in [-0.1, -0.05) is 35.5 Å². The number of aryl methyl sites for hydroxylation is 1. The number of carbonyl (C=O) groups is 1. The van der Waals surface area contributed by atoms with Crippen LogP contribution >= 0.6 is 0 Å². The normalized spacial score (nSPS) is 10.6. The number of halogens is 1. The van der Waals surface area contributed by atoms with Crippen LogP contribution in [0.4, 0.5) is 4.39 Å². The molecule has 0 aliphatic carbocycles. The molecule has 5 nitrogen and oxygen atoms in total. The lowest BCUT2D eigenvalue weighted by Gasteiger charge is -2.09. The fourth-order valence-electron chi connectivity index (χ4n) is 2.29. The summed E-state index contributed by atoms with van der Waals surface area (Å²) in [6, 6.07) is 13.1. The van der Waals surface area contributed by atoms with Crippen LogP contribution in [0, 0.1) is 12.7 Å². The van der Waals surface area contributed by atoms with E-state index >= 15 is 0 Å². The Balaban J connectivity index is 2.29. The second kappa shape index (κ2) is 5.40. The minimum absolute atomic E-state index is 0.214. The molecule has 0 saturated heterocycles. The standard InChI is InChI=1S/C16H12FN3O2/c1-10-5-2-3-8-13(10)20-15(14(16(21)22)18-19-20)11-6-4-7-12(17)9-11/h2-9H,1H3,(H,21,22). The predicted molar refractivity (Wildman–Crippen MR) is 78.4 cm³/mol. The van der Waals surface area contributed by atoms with Crippen LogP contribution in [0.5, 0.6) is 0 Å². The average Bonchev–Trinajstić information content (AvgIpc) is 2.92. The van der Waals surface area contributed by atoms with Crippen LogP contribution < -0.4 is 0 Å². The van der Waals surface area contributed by atoms with Gasteiger partial charge in [0.05, 0.1) is 5.69 Å². The lowest BCUT2D eigenvalue weighted by atomic mass is 10.1. The molecule has 0 spiro atoms. The highest BCUT2D eigenvalue weighted by Gasteiger charge is 2.22. The van der Waals surface area contributed by atoms with E-state index in [1.54, 1.807) is 12.1 Å². The number of hydrogen-bond acceptors (Lipinski definition) is 3. The number of carboxylic acid groups (broad SMARTS) is 1. The fourth-order valence-corrected chi connectivity index (χ4v) is 2.29. The molecule has 0 aliphatic rings. The van der Waals surface area contributed by atoms with Crippen molar-refractivity contribution in [2.75, 3.05) is 0 Å². The Morgan fingerprint density at radius 1 is 1.18 bits per heavy atom. The number of hydrogen-bond donors (Lipinski definition) is 1. The molecule has 0 atom stereocenters. The highest BCUT2D eigenvalue weighted by Crippen LogP contribution is 2.27. The molecule has 0 saturated carbocycles. The minimum Gasteiger partial charge on any atom is -0.476 e. The molecule has 0 unspecified atom stereocenters. The first-order chi connectivity index (χ1) is 10.6. The van der Waals surface area contributed by atoms with Gasteiger partial charge in [0.25, 0.3) is 0 Å². The van der Waals surface area contributed by atoms with Crippen LogP contribution in [-0.4, -0.2) is 26.1 Å². The second-order valence-electron chi connectivity index (χ2n) is 4.80. The SMILES string of the molecule is Cc1ccccc1-n1nnc(C(=O)O)c1-c1cccc(F)c1. The summed E-state index contributed by atoms with van der Waals surface area (Å²) in [5.74, 6) is -1.66. The van der Waals surface area contributed by atoms with Crippen LogP contribution in [0.3, 0.4) is 0 Å². The van der Waals surface area contributed by atoms with Crippen molar-refractivity contribution in [3.05, 3.63) is 65.6 Å². The van der Waals surface area contributed by atoms with Gasteiger partial charge < -0.3 is 5.11 Å². The van der Waals surface area contributed by atoms with Gasteiger partial charge in [0.1, 0.15) is 11.5 Å². The Morgan fingerprint density at radius 2 is 1.95 bits per heavy atom. The van der Waals surface area contributed by atoms with Gasteiger partial charge in [-0.15, -0.1) is 5.10 Å². The number of aromatic carboxylic acids is 1. The Hall–Kier alpha value is -3.02. The van der Waals surface area contributed by atoms with E-state index in [1.165, 1.54) is 22.9 Å². The largest absolute Gasteiger partial charge is 0.476 e. The topological polar surface area (TPSA) is 68.0 Å². The Kier molecular flexibility index (Phi) is 3.42. The zero-order valence-electron chi connectivity index (χ0n) is 11.7. The van der Waals surface area contributed by atoms with Gasteiger partial charge in [-0.05, 0) is 30.7 Å². The number of rotatable bonds is 3. The first-order valence-electron chi connectivity index (χ1n) is 6.59. The van der Waals surface area contributed by atoms with Crippen molar-refractivity contribution in [3.8, 4) is 16.9 Å². The van der Waals surface area contributed by atoms with E-state index in [0.29, 0.717) is 11.3 Å². The minimum atomic E-state index is -1.21. The van der Waals surface area contributed by atoms with E-state index in [9.17, 15) is 14.3 Å². The molecule has 1 N–H and O–H groups in total. The monoisotopic (exact) mass is 297 g/mol. The third-order valence-electron chi connectivity index (χ3n) is 3.31. The zero-order valence-corrected chi connectivity index (χ0v) is 11.7. The quantitative estimate of drug-likeness (QED) is 0.806. The summed E-state index contributed by atoms with van der Waals surface area (Å²) < 4.78 is 14.9. The second-order valence-corrected chi connectivity index (χ2v) is 4.80. The molecule has 3 aromatic rings. The van der Waals surface area contributed by atoms with Gasteiger partial charge >= 0.3 is 5.97 Å². The summed E-state index contributed by atoms with van der Waals surface area (Å²) in [7, 11) is 0. The predicted octanol–water partition coefficient (Wildman–Crippen LogP) is 3.08. The summed E-state index contributed by atoms with van der Waals surface area (Å²) in [4.78, 5) is 11.4. The summed E-state index contributed by atoms with van der Waals surface area (Å²) in [6.45, 7) is 1.88. The number of carboxylic acids is 1. The Morgan fingerprint density at radius 3 is 2.64 bits per heavy atom. The van der Waals surface area contributed by atoms with Crippen molar-refractivity contribution < 1.29 is 14.3 Å². The van der Waals surface area contributed by atoms with E-state index in [2.05, 4.69) is 10.3 Å². The van der Waals surface area contributed by atoms with Gasteiger partial charge in [0.15, 0.2) is 5.69 Å². The highest BCUT2D eigenvalue weighted by atomic mass is 19.1. The Bertz CT molecular complexity index is 858. The van der Waals surface area contributed by atoms with Crippen molar-refractivity contribution in [3.63, 3.8) is 0 Å². The zero-order chi connectivity index (χ0) is 15.7. The molecule has 3 rings (SSSR count). The molecular formula is C16H12FN3O2. The van der Waals surface area contributed by atoms with E-state index in [4.69, 9.17) is 0 Å². The van der Waals surface area contributed by atoms with Crippen LogP contribution in [0.1, 0.15) is 16.1 Å². The van der Waals surface area contributed by atoms with Crippen molar-refractivity contribution in [2.24, 2.45) is 0 Å². The average molecular weight is 297 g/mol. The first-order valence-corrected chi connectivity index (χ1v) is 6.59. The number of nitrogens with zero attached hydrogens (tertiary/aromatic N) is 3. The number of aromatic nitrogens is 3. The molecular weight excluding hydrogens is 285 g/mol. The maximum atomic E-state index is 13.5. The van der Waals surface area contributed by atoms with Gasteiger partial charge in [-0.3, -0.25) is 0 Å². The molecule has 0 aliphatic heterocycles. The molecule has 0 radical (unpaired) electrons. The molecule has 2 aromatic carbocycles. The summed E-state index contributed by atoms with van der Waals surface area (Å²) in [6.07, 6.45) is 0. The Labute approximate surface area is 125 Å². The maximum absolute atomic E-state index is 13.5. The molecule has 0 fully saturated rings. The molecule has 0 amide bonds. The summed E-state index contributed by atoms with van der Waals surface area (Å²) in [5, 5.41) is 17.0. The van der Waals surface area contributed by atoms with E-state index in [-0.39, 0.29) is 11.4 Å². The highest BCUT2D eigenvalue weighted by molar-refractivity contribution is 5.93. The molecule has 6 heteroatoms. The molecule has 1 aromatic heterocycles. The molecule has 0 bridgehead atoms. The summed E-state index contributed by atoms with van der Waals surface area (Å²) >= 11 is 0. The maximum Gasteiger partial charge on any atom is 0.358 e. The van der Waals surface area contributed by atoms with E-state index in [0.717, 1.165) is 5.56 Å². The van der Waals surface area contributed by atoms with Crippen molar-refractivity contribution in [1.82, 2.24) is 15.0 Å². The first kappa shape index (κ1) is 13.9. The van der Waals surface area contributed by atoms with Crippen LogP contribution in [0.15, 0.2) is 48.5 Å². The third kappa shape index (κ3) is 2.35. The fraction of sp³-hybridized carbons (Fsp3) is 0.0625. The van der Waals surface area contributed by atoms with E-state index < -0.39 is 11.8 Å². The van der Waals surface area contributed by atoms with Crippen LogP contribution in [0.2, 0.25) is 0 Å². The smallest absolute Gasteiger partial charge is 0.358 e. The van der Waals surface area contributed by atoms with Crippen LogP contribution in [-0.2, 0) is 0 Å².